The minimum atomic E-state index is -3.31. The first-order valence-electron chi connectivity index (χ1n) is 8.63. The zero-order valence-corrected chi connectivity index (χ0v) is 15.8. The van der Waals surface area contributed by atoms with Gasteiger partial charge in [0.05, 0.1) is 16.6 Å². The number of amides is 1. The molecule has 1 atom stereocenters. The molecule has 1 amide bonds. The Hall–Kier alpha value is -2.29. The van der Waals surface area contributed by atoms with Crippen LogP contribution in [0.4, 0.5) is 0 Å². The summed E-state index contributed by atoms with van der Waals surface area (Å²) in [6.45, 7) is 3.15. The maximum atomic E-state index is 12.5. The predicted molar refractivity (Wildman–Crippen MR) is 95.3 cm³/mol. The minimum absolute atomic E-state index is 0.0460. The number of sulfone groups is 1. The van der Waals surface area contributed by atoms with Gasteiger partial charge in [-0.2, -0.15) is 5.10 Å². The maximum absolute atomic E-state index is 12.5. The number of piperidine rings is 1. The normalized spacial score (nSPS) is 17.2. The number of aromatic nitrogens is 4. The highest BCUT2D eigenvalue weighted by atomic mass is 32.2. The van der Waals surface area contributed by atoms with Gasteiger partial charge in [-0.3, -0.25) is 9.78 Å². The molecule has 0 radical (unpaired) electrons. The van der Waals surface area contributed by atoms with Gasteiger partial charge < -0.3 is 4.90 Å². The van der Waals surface area contributed by atoms with Crippen LogP contribution in [0.2, 0.25) is 0 Å². The molecule has 0 N–H and O–H groups in total. The first-order chi connectivity index (χ1) is 12.4. The molecule has 0 saturated carbocycles. The van der Waals surface area contributed by atoms with Crippen LogP contribution in [0.5, 0.6) is 0 Å². The van der Waals surface area contributed by atoms with E-state index in [1.807, 2.05) is 11.8 Å². The molecule has 8 nitrogen and oxygen atoms in total. The zero-order chi connectivity index (χ0) is 18.7. The topological polar surface area (TPSA) is 98.1 Å². The number of hydrogen-bond acceptors (Lipinski definition) is 6. The second-order valence-corrected chi connectivity index (χ2v) is 8.73. The third-order valence-electron chi connectivity index (χ3n) is 4.79. The van der Waals surface area contributed by atoms with Crippen molar-refractivity contribution in [3.8, 4) is 0 Å². The number of carbonyl (C=O) groups excluding carboxylic acids is 1. The third kappa shape index (κ3) is 4.09. The largest absolute Gasteiger partial charge is 0.343 e. The van der Waals surface area contributed by atoms with Gasteiger partial charge in [0.2, 0.25) is 5.91 Å². The predicted octanol–water partition coefficient (Wildman–Crippen LogP) is 1.43. The van der Waals surface area contributed by atoms with Crippen LogP contribution in [0.25, 0.3) is 0 Å². The third-order valence-corrected chi connectivity index (χ3v) is 5.94. The Labute approximate surface area is 153 Å². The average Bonchev–Trinajstić information content (AvgIpc) is 3.16. The fourth-order valence-corrected chi connectivity index (χ4v) is 4.27. The molecule has 0 aromatic carbocycles. The molecular weight excluding hydrogens is 354 g/mol. The molecule has 1 saturated heterocycles. The molecule has 2 aromatic heterocycles. The van der Waals surface area contributed by atoms with E-state index in [0.29, 0.717) is 42.9 Å². The van der Waals surface area contributed by atoms with E-state index in [2.05, 4.69) is 15.1 Å². The van der Waals surface area contributed by atoms with Crippen molar-refractivity contribution in [3.05, 3.63) is 36.7 Å². The van der Waals surface area contributed by atoms with Crippen LogP contribution < -0.4 is 0 Å². The van der Waals surface area contributed by atoms with Gasteiger partial charge in [-0.25, -0.2) is 18.1 Å². The Kier molecular flexibility index (Phi) is 5.36. The molecule has 1 aliphatic heterocycles. The van der Waals surface area contributed by atoms with Crippen LogP contribution in [-0.2, 0) is 14.6 Å². The van der Waals surface area contributed by atoms with Crippen molar-refractivity contribution < 1.29 is 13.2 Å². The monoisotopic (exact) mass is 377 g/mol. The van der Waals surface area contributed by atoms with Crippen LogP contribution in [0.1, 0.15) is 43.8 Å². The Morgan fingerprint density at radius 3 is 2.69 bits per heavy atom. The van der Waals surface area contributed by atoms with Gasteiger partial charge >= 0.3 is 0 Å². The summed E-state index contributed by atoms with van der Waals surface area (Å²) in [7, 11) is -3.31. The molecule has 2 aromatic rings. The summed E-state index contributed by atoms with van der Waals surface area (Å²) < 4.78 is 25.6. The molecule has 0 unspecified atom stereocenters. The lowest BCUT2D eigenvalue weighted by molar-refractivity contribution is -0.133. The Bertz CT molecular complexity index is 858. The molecule has 0 aliphatic carbocycles. The van der Waals surface area contributed by atoms with E-state index >= 15 is 0 Å². The number of likely N-dealkylation sites (tertiary alicyclic amines) is 1. The summed E-state index contributed by atoms with van der Waals surface area (Å²) in [5, 5.41) is 4.07. The van der Waals surface area contributed by atoms with Gasteiger partial charge in [-0.15, -0.1) is 0 Å². The van der Waals surface area contributed by atoms with Crippen LogP contribution >= 0.6 is 0 Å². The fourth-order valence-electron chi connectivity index (χ4n) is 3.35. The lowest BCUT2D eigenvalue weighted by atomic mass is 9.92. The second kappa shape index (κ2) is 7.53. The highest BCUT2D eigenvalue weighted by Gasteiger charge is 2.28. The molecule has 1 fully saturated rings. The van der Waals surface area contributed by atoms with Crippen molar-refractivity contribution in [1.82, 2.24) is 24.6 Å². The number of hydrogen-bond donors (Lipinski definition) is 0. The first kappa shape index (κ1) is 18.5. The fraction of sp³-hybridized carbons (Fsp3) is 0.529. The smallest absolute Gasteiger partial charge is 0.224 e. The van der Waals surface area contributed by atoms with Crippen molar-refractivity contribution in [2.24, 2.45) is 0 Å². The van der Waals surface area contributed by atoms with E-state index in [-0.39, 0.29) is 17.9 Å². The lowest BCUT2D eigenvalue weighted by Gasteiger charge is -2.33. The van der Waals surface area contributed by atoms with Crippen molar-refractivity contribution in [2.45, 2.75) is 43.0 Å². The van der Waals surface area contributed by atoms with Crippen LogP contribution in [0.15, 0.2) is 35.9 Å². The number of nitrogens with zero attached hydrogens (tertiary/aromatic N) is 5. The summed E-state index contributed by atoms with van der Waals surface area (Å²) in [6.07, 6.45) is 7.69. The second-order valence-electron chi connectivity index (χ2n) is 6.74. The molecule has 1 aliphatic rings. The lowest BCUT2D eigenvalue weighted by Crippen LogP contribution is -2.39. The van der Waals surface area contributed by atoms with Gasteiger partial charge in [-0.05, 0) is 31.9 Å². The zero-order valence-electron chi connectivity index (χ0n) is 14.9. The van der Waals surface area contributed by atoms with Crippen LogP contribution in [-0.4, -0.2) is 58.3 Å². The average molecular weight is 377 g/mol. The first-order valence-corrected chi connectivity index (χ1v) is 10.5. The van der Waals surface area contributed by atoms with Crippen molar-refractivity contribution in [3.63, 3.8) is 0 Å². The minimum Gasteiger partial charge on any atom is -0.343 e. The van der Waals surface area contributed by atoms with Crippen molar-refractivity contribution in [2.75, 3.05) is 19.3 Å². The highest BCUT2D eigenvalue weighted by molar-refractivity contribution is 7.90. The summed E-state index contributed by atoms with van der Waals surface area (Å²) in [6, 6.07) is 3.20. The molecule has 140 valence electrons. The Morgan fingerprint density at radius 2 is 2.08 bits per heavy atom. The number of rotatable bonds is 5. The SMILES string of the molecule is C[C@@H](CC(=O)N1CCC(c2ncccc2S(C)(=O)=O)CC1)n1cncn1. The number of pyridine rings is 1. The molecule has 0 spiro atoms. The molecule has 0 bridgehead atoms. The highest BCUT2D eigenvalue weighted by Crippen LogP contribution is 2.31. The Morgan fingerprint density at radius 1 is 1.35 bits per heavy atom. The molecule has 3 heterocycles. The van der Waals surface area contributed by atoms with Gasteiger partial charge in [0, 0.05) is 37.9 Å². The van der Waals surface area contributed by atoms with E-state index in [9.17, 15) is 13.2 Å². The van der Waals surface area contributed by atoms with Crippen molar-refractivity contribution in [1.29, 1.82) is 0 Å². The van der Waals surface area contributed by atoms with E-state index in [1.165, 1.54) is 12.6 Å². The standard InChI is InChI=1S/C17H23N5O3S/c1-13(22-12-18-11-20-22)10-16(23)21-8-5-14(6-9-21)17-15(26(2,24)25)4-3-7-19-17/h3-4,7,11-14H,5-6,8-10H2,1-2H3/t13-/m0/s1. The van der Waals surface area contributed by atoms with Gasteiger partial charge in [0.15, 0.2) is 9.84 Å². The summed E-state index contributed by atoms with van der Waals surface area (Å²) in [4.78, 5) is 22.9. The van der Waals surface area contributed by atoms with E-state index in [1.54, 1.807) is 29.3 Å². The van der Waals surface area contributed by atoms with Crippen LogP contribution in [0, 0.1) is 0 Å². The van der Waals surface area contributed by atoms with E-state index in [4.69, 9.17) is 0 Å². The summed E-state index contributed by atoms with van der Waals surface area (Å²) >= 11 is 0. The van der Waals surface area contributed by atoms with E-state index in [0.717, 1.165) is 0 Å². The Balaban J connectivity index is 1.62. The van der Waals surface area contributed by atoms with E-state index < -0.39 is 9.84 Å². The van der Waals surface area contributed by atoms with Crippen LogP contribution in [0.3, 0.4) is 0 Å². The molecule has 26 heavy (non-hydrogen) atoms. The molecular formula is C17H23N5O3S. The maximum Gasteiger partial charge on any atom is 0.224 e. The molecule has 3 rings (SSSR count). The van der Waals surface area contributed by atoms with Crippen molar-refractivity contribution >= 4 is 15.7 Å². The van der Waals surface area contributed by atoms with Gasteiger partial charge in [0.1, 0.15) is 12.7 Å². The quantitative estimate of drug-likeness (QED) is 0.782. The van der Waals surface area contributed by atoms with Gasteiger partial charge in [-0.1, -0.05) is 0 Å². The van der Waals surface area contributed by atoms with Gasteiger partial charge in [0.25, 0.3) is 0 Å². The summed E-state index contributed by atoms with van der Waals surface area (Å²) in [5.41, 5.74) is 0.623. The number of carbonyl (C=O) groups is 1. The molecule has 9 heteroatoms. The summed E-state index contributed by atoms with van der Waals surface area (Å²) in [5.74, 6) is 0.133.